The Morgan fingerprint density at radius 3 is 2.39 bits per heavy atom. The maximum Gasteiger partial charge on any atom is 0.195 e. The van der Waals surface area contributed by atoms with Crippen molar-refractivity contribution in [3.63, 3.8) is 0 Å². The third kappa shape index (κ3) is 4.32. The molecule has 0 saturated carbocycles. The summed E-state index contributed by atoms with van der Waals surface area (Å²) in [4.78, 5) is 9.47. The molecule has 0 amide bonds. The van der Waals surface area contributed by atoms with Crippen LogP contribution in [0.1, 0.15) is 18.7 Å². The first-order valence-corrected chi connectivity index (χ1v) is 10.6. The maximum absolute atomic E-state index is 6.24. The Morgan fingerprint density at radius 2 is 1.61 bits per heavy atom. The molecule has 2 heterocycles. The Hall–Kier alpha value is -2.08. The Labute approximate surface area is 170 Å². The number of ether oxygens (including phenoxy) is 1. The van der Waals surface area contributed by atoms with Gasteiger partial charge in [0.05, 0.1) is 0 Å². The van der Waals surface area contributed by atoms with Crippen LogP contribution >= 0.6 is 11.8 Å². The molecule has 4 rings (SSSR count). The molecule has 1 aromatic heterocycles. The third-order valence-electron chi connectivity index (χ3n) is 4.74. The van der Waals surface area contributed by atoms with Crippen molar-refractivity contribution < 1.29 is 9.15 Å². The molecule has 0 aliphatic carbocycles. The minimum absolute atomic E-state index is 0.740. The van der Waals surface area contributed by atoms with E-state index >= 15 is 0 Å². The minimum atomic E-state index is 0.740. The number of hydrogen-bond acceptors (Lipinski definition) is 5. The van der Waals surface area contributed by atoms with Gasteiger partial charge >= 0.3 is 0 Å². The van der Waals surface area contributed by atoms with E-state index in [-0.39, 0.29) is 0 Å². The van der Waals surface area contributed by atoms with Gasteiger partial charge in [-0.05, 0) is 45.6 Å². The topological polar surface area (TPSA) is 38.5 Å². The summed E-state index contributed by atoms with van der Waals surface area (Å²) < 4.78 is 12.0. The van der Waals surface area contributed by atoms with Crippen molar-refractivity contribution in [1.29, 1.82) is 0 Å². The molecule has 2 aromatic carbocycles. The first-order valence-electron chi connectivity index (χ1n) is 9.81. The third-order valence-corrected chi connectivity index (χ3v) is 5.89. The van der Waals surface area contributed by atoms with E-state index in [2.05, 4.69) is 67.5 Å². The average Bonchev–Trinajstić information content (AvgIpc) is 3.06. The van der Waals surface area contributed by atoms with Gasteiger partial charge in [0.1, 0.15) is 5.69 Å². The molecule has 0 radical (unpaired) electrons. The molecule has 28 heavy (non-hydrogen) atoms. The zero-order chi connectivity index (χ0) is 19.3. The maximum atomic E-state index is 6.24. The van der Waals surface area contributed by atoms with E-state index in [0.29, 0.717) is 0 Å². The van der Waals surface area contributed by atoms with Gasteiger partial charge in [-0.1, -0.05) is 48.2 Å². The number of benzene rings is 2. The second-order valence-electron chi connectivity index (χ2n) is 7.25. The van der Waals surface area contributed by atoms with Crippen molar-refractivity contribution in [2.75, 3.05) is 33.9 Å². The molecule has 0 spiro atoms. The van der Waals surface area contributed by atoms with E-state index in [0.717, 1.165) is 67.5 Å². The molecule has 1 aliphatic heterocycles. The molecular weight excluding hydrogens is 368 g/mol. The smallest absolute Gasteiger partial charge is 0.195 e. The number of hydrogen-bond donors (Lipinski definition) is 0. The van der Waals surface area contributed by atoms with Crippen molar-refractivity contribution in [3.8, 4) is 22.6 Å². The molecule has 0 unspecified atom stereocenters. The fourth-order valence-corrected chi connectivity index (χ4v) is 4.44. The molecule has 0 saturated heterocycles. The summed E-state index contributed by atoms with van der Waals surface area (Å²) in [5, 5.41) is 0. The second kappa shape index (κ2) is 8.95. The van der Waals surface area contributed by atoms with Crippen LogP contribution in [-0.2, 0) is 11.2 Å². The van der Waals surface area contributed by atoms with E-state index in [4.69, 9.17) is 14.1 Å². The van der Waals surface area contributed by atoms with Gasteiger partial charge in [-0.25, -0.2) is 4.98 Å². The zero-order valence-electron chi connectivity index (χ0n) is 16.5. The molecule has 3 aromatic rings. The summed E-state index contributed by atoms with van der Waals surface area (Å²) in [6.45, 7) is 2.60. The van der Waals surface area contributed by atoms with E-state index in [9.17, 15) is 0 Å². The summed E-state index contributed by atoms with van der Waals surface area (Å²) >= 11 is 1.78. The van der Waals surface area contributed by atoms with Crippen molar-refractivity contribution in [2.24, 2.45) is 0 Å². The Kier molecular flexibility index (Phi) is 6.15. The molecule has 1 aliphatic rings. The Morgan fingerprint density at radius 1 is 0.929 bits per heavy atom. The van der Waals surface area contributed by atoms with Crippen LogP contribution < -0.4 is 0 Å². The fourth-order valence-electron chi connectivity index (χ4n) is 3.36. The number of fused-ring (bicyclic) bond motifs is 5. The lowest BCUT2D eigenvalue weighted by molar-refractivity contribution is 0.122. The van der Waals surface area contributed by atoms with Crippen LogP contribution in [0.3, 0.4) is 0 Å². The van der Waals surface area contributed by atoms with Crippen molar-refractivity contribution in [2.45, 2.75) is 29.1 Å². The number of aromatic nitrogens is 1. The highest BCUT2D eigenvalue weighted by atomic mass is 32.2. The van der Waals surface area contributed by atoms with Crippen LogP contribution in [0.4, 0.5) is 0 Å². The molecule has 0 fully saturated rings. The lowest BCUT2D eigenvalue weighted by Crippen LogP contribution is -2.15. The van der Waals surface area contributed by atoms with Gasteiger partial charge in [0.15, 0.2) is 11.7 Å². The molecule has 0 atom stereocenters. The molecule has 4 nitrogen and oxygen atoms in total. The van der Waals surface area contributed by atoms with Gasteiger partial charge in [-0.2, -0.15) is 0 Å². The quantitative estimate of drug-likeness (QED) is 0.375. The van der Waals surface area contributed by atoms with Crippen LogP contribution in [-0.4, -0.2) is 43.7 Å². The molecule has 0 N–H and O–H groups in total. The zero-order valence-corrected chi connectivity index (χ0v) is 17.3. The minimum Gasteiger partial charge on any atom is -0.440 e. The first-order chi connectivity index (χ1) is 13.7. The standard InChI is InChI=1S/C23H26N2O2S/c1-25(2)14-8-16-26-15-7-13-21-24-22-17-9-3-5-11-19(17)28-20-12-6-4-10-18(20)23(22)27-21/h3-6,9-12H,7-8,13-16H2,1-2H3. The summed E-state index contributed by atoms with van der Waals surface area (Å²) in [5.74, 6) is 1.67. The fraction of sp³-hybridized carbons (Fsp3) is 0.348. The van der Waals surface area contributed by atoms with Crippen molar-refractivity contribution in [1.82, 2.24) is 9.88 Å². The summed E-state index contributed by atoms with van der Waals surface area (Å²) in [6, 6.07) is 16.8. The van der Waals surface area contributed by atoms with Crippen LogP contribution in [0.2, 0.25) is 0 Å². The summed E-state index contributed by atoms with van der Waals surface area (Å²) in [7, 11) is 4.17. The second-order valence-corrected chi connectivity index (χ2v) is 8.34. The summed E-state index contributed by atoms with van der Waals surface area (Å²) in [5.41, 5.74) is 3.22. The summed E-state index contributed by atoms with van der Waals surface area (Å²) in [6.07, 6.45) is 2.77. The van der Waals surface area contributed by atoms with Crippen molar-refractivity contribution in [3.05, 3.63) is 54.4 Å². The van der Waals surface area contributed by atoms with E-state index in [1.807, 2.05) is 0 Å². The molecule has 0 bridgehead atoms. The van der Waals surface area contributed by atoms with E-state index < -0.39 is 0 Å². The number of rotatable bonds is 8. The highest BCUT2D eigenvalue weighted by molar-refractivity contribution is 7.99. The number of aryl methyl sites for hydroxylation is 1. The van der Waals surface area contributed by atoms with Crippen LogP contribution in [0.15, 0.2) is 62.7 Å². The molecule has 146 valence electrons. The lowest BCUT2D eigenvalue weighted by atomic mass is 10.1. The van der Waals surface area contributed by atoms with Crippen LogP contribution in [0.25, 0.3) is 22.6 Å². The number of oxazole rings is 1. The average molecular weight is 395 g/mol. The van der Waals surface area contributed by atoms with E-state index in [1.54, 1.807) is 11.8 Å². The van der Waals surface area contributed by atoms with Crippen LogP contribution in [0, 0.1) is 0 Å². The molecule has 5 heteroatoms. The molecular formula is C23H26N2O2S. The lowest BCUT2D eigenvalue weighted by Gasteiger charge is -2.09. The van der Waals surface area contributed by atoms with Crippen LogP contribution in [0.5, 0.6) is 0 Å². The Bertz CT molecular complexity index is 873. The SMILES string of the molecule is CN(C)CCCOCCCc1nc2c(o1)-c1ccccc1Sc1ccccc1-2. The highest BCUT2D eigenvalue weighted by Gasteiger charge is 2.24. The predicted octanol–water partition coefficient (Wildman–Crippen LogP) is 5.37. The van der Waals surface area contributed by atoms with Gasteiger partial charge in [0.25, 0.3) is 0 Å². The van der Waals surface area contributed by atoms with Gasteiger partial charge < -0.3 is 14.1 Å². The monoisotopic (exact) mass is 394 g/mol. The van der Waals surface area contributed by atoms with Gasteiger partial charge in [0.2, 0.25) is 0 Å². The van der Waals surface area contributed by atoms with E-state index in [1.165, 1.54) is 9.79 Å². The Balaban J connectivity index is 1.48. The predicted molar refractivity (Wildman–Crippen MR) is 114 cm³/mol. The van der Waals surface area contributed by atoms with Gasteiger partial charge in [-0.3, -0.25) is 0 Å². The highest BCUT2D eigenvalue weighted by Crippen LogP contribution is 2.47. The largest absolute Gasteiger partial charge is 0.440 e. The van der Waals surface area contributed by atoms with Gasteiger partial charge in [0, 0.05) is 40.6 Å². The number of nitrogens with zero attached hydrogens (tertiary/aromatic N) is 2. The normalized spacial score (nSPS) is 12.4. The van der Waals surface area contributed by atoms with Gasteiger partial charge in [-0.15, -0.1) is 0 Å². The first kappa shape index (κ1) is 19.2. The van der Waals surface area contributed by atoms with Crippen molar-refractivity contribution >= 4 is 11.8 Å².